The summed E-state index contributed by atoms with van der Waals surface area (Å²) in [5.74, 6) is -0.115. The van der Waals surface area contributed by atoms with Crippen LogP contribution in [0.25, 0.3) is 10.8 Å². The second-order valence-corrected chi connectivity index (χ2v) is 5.71. The van der Waals surface area contributed by atoms with Gasteiger partial charge in [0, 0.05) is 5.56 Å². The molecule has 0 unspecified atom stereocenters. The average molecular weight is 316 g/mol. The first-order valence-electron chi connectivity index (χ1n) is 8.14. The molecule has 120 valence electrons. The minimum Gasteiger partial charge on any atom is -0.273 e. The highest BCUT2D eigenvalue weighted by molar-refractivity contribution is 5.99. The quantitative estimate of drug-likeness (QED) is 0.559. The monoisotopic (exact) mass is 316 g/mol. The maximum atomic E-state index is 12.0. The van der Waals surface area contributed by atoms with Crippen molar-refractivity contribution in [1.29, 1.82) is 0 Å². The van der Waals surface area contributed by atoms with Gasteiger partial charge in [0.05, 0.1) is 12.6 Å². The van der Waals surface area contributed by atoms with Crippen LogP contribution in [0.4, 0.5) is 0 Å². The summed E-state index contributed by atoms with van der Waals surface area (Å²) in [7, 11) is 0. The molecule has 0 spiro atoms. The fourth-order valence-corrected chi connectivity index (χ4v) is 2.65. The molecule has 24 heavy (non-hydrogen) atoms. The Morgan fingerprint density at radius 1 is 0.958 bits per heavy atom. The van der Waals surface area contributed by atoms with E-state index in [1.54, 1.807) is 6.21 Å². The Morgan fingerprint density at radius 3 is 2.46 bits per heavy atom. The SMILES string of the molecule is CCc1ccc(CC(=O)N/N=C\c2cccc3ccccc23)cc1. The fraction of sp³-hybridized carbons (Fsp3) is 0.143. The van der Waals surface area contributed by atoms with E-state index >= 15 is 0 Å². The normalized spacial score (nSPS) is 11.0. The third-order valence-corrected chi connectivity index (χ3v) is 4.01. The van der Waals surface area contributed by atoms with Crippen LogP contribution in [0.5, 0.6) is 0 Å². The molecular formula is C21H20N2O. The van der Waals surface area contributed by atoms with Crippen LogP contribution in [-0.2, 0) is 17.6 Å². The summed E-state index contributed by atoms with van der Waals surface area (Å²) in [4.78, 5) is 12.0. The van der Waals surface area contributed by atoms with Gasteiger partial charge in [-0.1, -0.05) is 73.7 Å². The van der Waals surface area contributed by atoms with Crippen LogP contribution >= 0.6 is 0 Å². The van der Waals surface area contributed by atoms with Crippen molar-refractivity contribution in [2.75, 3.05) is 0 Å². The van der Waals surface area contributed by atoms with Crippen LogP contribution in [0.15, 0.2) is 71.8 Å². The Bertz CT molecular complexity index is 861. The summed E-state index contributed by atoms with van der Waals surface area (Å²) in [6.07, 6.45) is 3.03. The van der Waals surface area contributed by atoms with Crippen LogP contribution < -0.4 is 5.43 Å². The highest BCUT2D eigenvalue weighted by atomic mass is 16.2. The van der Waals surface area contributed by atoms with Crippen LogP contribution in [-0.4, -0.2) is 12.1 Å². The number of rotatable bonds is 5. The van der Waals surface area contributed by atoms with Crippen molar-refractivity contribution >= 4 is 22.9 Å². The van der Waals surface area contributed by atoms with Crippen LogP contribution in [0, 0.1) is 0 Å². The van der Waals surface area contributed by atoms with Crippen molar-refractivity contribution in [2.45, 2.75) is 19.8 Å². The second kappa shape index (κ2) is 7.55. The smallest absolute Gasteiger partial charge is 0.244 e. The number of carbonyl (C=O) groups is 1. The van der Waals surface area contributed by atoms with Gasteiger partial charge in [-0.05, 0) is 28.3 Å². The molecule has 0 heterocycles. The number of amides is 1. The highest BCUT2D eigenvalue weighted by Gasteiger charge is 2.02. The maximum Gasteiger partial charge on any atom is 0.244 e. The summed E-state index contributed by atoms with van der Waals surface area (Å²) in [5.41, 5.74) is 5.85. The number of hydrogen-bond acceptors (Lipinski definition) is 2. The van der Waals surface area contributed by atoms with E-state index in [0.717, 1.165) is 28.3 Å². The molecule has 3 aromatic rings. The predicted molar refractivity (Wildman–Crippen MR) is 99.2 cm³/mol. The van der Waals surface area contributed by atoms with Gasteiger partial charge >= 0.3 is 0 Å². The van der Waals surface area contributed by atoms with E-state index in [-0.39, 0.29) is 5.91 Å². The molecule has 0 bridgehead atoms. The Morgan fingerprint density at radius 2 is 1.67 bits per heavy atom. The molecule has 3 nitrogen and oxygen atoms in total. The zero-order valence-corrected chi connectivity index (χ0v) is 13.7. The number of nitrogens with one attached hydrogen (secondary N) is 1. The zero-order chi connectivity index (χ0) is 16.8. The first kappa shape index (κ1) is 15.9. The molecule has 0 saturated carbocycles. The van der Waals surface area contributed by atoms with Gasteiger partial charge in [0.25, 0.3) is 0 Å². The molecule has 0 radical (unpaired) electrons. The Labute approximate surface area is 142 Å². The lowest BCUT2D eigenvalue weighted by Gasteiger charge is -2.03. The topological polar surface area (TPSA) is 41.5 Å². The first-order chi connectivity index (χ1) is 11.8. The minimum atomic E-state index is -0.115. The minimum absolute atomic E-state index is 0.115. The van der Waals surface area contributed by atoms with Crippen molar-refractivity contribution in [3.05, 3.63) is 83.4 Å². The number of benzene rings is 3. The summed E-state index contributed by atoms with van der Waals surface area (Å²) in [5, 5.41) is 6.37. The van der Waals surface area contributed by atoms with Crippen LogP contribution in [0.1, 0.15) is 23.6 Å². The molecule has 0 saturated heterocycles. The van der Waals surface area contributed by atoms with Gasteiger partial charge in [0.2, 0.25) is 5.91 Å². The van der Waals surface area contributed by atoms with Gasteiger partial charge in [-0.2, -0.15) is 5.10 Å². The summed E-state index contributed by atoms with van der Waals surface area (Å²) in [6.45, 7) is 2.11. The van der Waals surface area contributed by atoms with E-state index in [4.69, 9.17) is 0 Å². The number of hydrazone groups is 1. The molecule has 0 aliphatic heterocycles. The highest BCUT2D eigenvalue weighted by Crippen LogP contribution is 2.16. The number of hydrogen-bond donors (Lipinski definition) is 1. The Hall–Kier alpha value is -2.94. The molecule has 0 aromatic heterocycles. The van der Waals surface area contributed by atoms with E-state index in [1.807, 2.05) is 42.5 Å². The van der Waals surface area contributed by atoms with Crippen molar-refractivity contribution in [2.24, 2.45) is 5.10 Å². The van der Waals surface area contributed by atoms with Crippen molar-refractivity contribution < 1.29 is 4.79 Å². The third kappa shape index (κ3) is 3.87. The molecule has 1 N–H and O–H groups in total. The fourth-order valence-electron chi connectivity index (χ4n) is 2.65. The van der Waals surface area contributed by atoms with Crippen LogP contribution in [0.3, 0.4) is 0 Å². The molecule has 0 fully saturated rings. The molecular weight excluding hydrogens is 296 g/mol. The Balaban J connectivity index is 1.63. The van der Waals surface area contributed by atoms with Crippen LogP contribution in [0.2, 0.25) is 0 Å². The number of aryl methyl sites for hydroxylation is 1. The Kier molecular flexibility index (Phi) is 5.02. The number of nitrogens with zero attached hydrogens (tertiary/aromatic N) is 1. The van der Waals surface area contributed by atoms with Gasteiger partial charge in [-0.25, -0.2) is 5.43 Å². The van der Waals surface area contributed by atoms with Crippen molar-refractivity contribution in [3.8, 4) is 0 Å². The van der Waals surface area contributed by atoms with Gasteiger partial charge in [-0.15, -0.1) is 0 Å². The van der Waals surface area contributed by atoms with E-state index in [9.17, 15) is 4.79 Å². The molecule has 0 atom stereocenters. The maximum absolute atomic E-state index is 12.0. The third-order valence-electron chi connectivity index (χ3n) is 4.01. The molecule has 0 aliphatic carbocycles. The summed E-state index contributed by atoms with van der Waals surface area (Å²) >= 11 is 0. The molecule has 3 heteroatoms. The van der Waals surface area contributed by atoms with Crippen molar-refractivity contribution in [3.63, 3.8) is 0 Å². The molecule has 3 rings (SSSR count). The van der Waals surface area contributed by atoms with Gasteiger partial charge in [0.1, 0.15) is 0 Å². The number of carbonyl (C=O) groups excluding carboxylic acids is 1. The zero-order valence-electron chi connectivity index (χ0n) is 13.7. The standard InChI is InChI=1S/C21H20N2O/c1-2-16-10-12-17(13-11-16)14-21(24)23-22-15-19-8-5-7-18-6-3-4-9-20(18)19/h3-13,15H,2,14H2,1H3,(H,23,24)/b22-15-. The summed E-state index contributed by atoms with van der Waals surface area (Å²) < 4.78 is 0. The first-order valence-corrected chi connectivity index (χ1v) is 8.14. The lowest BCUT2D eigenvalue weighted by molar-refractivity contribution is -0.120. The largest absolute Gasteiger partial charge is 0.273 e. The van der Waals surface area contributed by atoms with E-state index in [2.05, 4.69) is 41.7 Å². The molecule has 1 amide bonds. The van der Waals surface area contributed by atoms with Gasteiger partial charge < -0.3 is 0 Å². The second-order valence-electron chi connectivity index (χ2n) is 5.71. The lowest BCUT2D eigenvalue weighted by Crippen LogP contribution is -2.19. The number of fused-ring (bicyclic) bond motifs is 1. The molecule has 0 aliphatic rings. The van der Waals surface area contributed by atoms with Crippen molar-refractivity contribution in [1.82, 2.24) is 5.43 Å². The van der Waals surface area contributed by atoms with E-state index in [0.29, 0.717) is 6.42 Å². The van der Waals surface area contributed by atoms with Gasteiger partial charge in [-0.3, -0.25) is 4.79 Å². The van der Waals surface area contributed by atoms with Gasteiger partial charge in [0.15, 0.2) is 0 Å². The summed E-state index contributed by atoms with van der Waals surface area (Å²) in [6, 6.07) is 22.3. The van der Waals surface area contributed by atoms with E-state index in [1.165, 1.54) is 5.56 Å². The van der Waals surface area contributed by atoms with E-state index < -0.39 is 0 Å². The molecule has 3 aromatic carbocycles. The lowest BCUT2D eigenvalue weighted by atomic mass is 10.1. The predicted octanol–water partition coefficient (Wildman–Crippen LogP) is 4.10. The average Bonchev–Trinajstić information content (AvgIpc) is 2.62.